The Hall–Kier alpha value is -7.52. The highest BCUT2D eigenvalue weighted by Gasteiger charge is 2.47. The zero-order chi connectivity index (χ0) is 40.3. The van der Waals surface area contributed by atoms with E-state index in [4.69, 9.17) is 0 Å². The zero-order valence-corrected chi connectivity index (χ0v) is 34.2. The van der Waals surface area contributed by atoms with Crippen molar-refractivity contribution < 1.29 is 0 Å². The minimum atomic E-state index is -0.513. The third-order valence-electron chi connectivity index (χ3n) is 12.7. The maximum Gasteiger partial charge on any atom is 0.0714 e. The highest BCUT2D eigenvalue weighted by Crippen LogP contribution is 2.60. The molecule has 1 heterocycles. The smallest absolute Gasteiger partial charge is 0.0714 e. The van der Waals surface area contributed by atoms with Crippen molar-refractivity contribution >= 4 is 59.3 Å². The van der Waals surface area contributed by atoms with Crippen LogP contribution in [0.1, 0.15) is 22.3 Å². The van der Waals surface area contributed by atoms with Crippen LogP contribution >= 0.6 is 11.3 Å². The van der Waals surface area contributed by atoms with Gasteiger partial charge in [0.25, 0.3) is 0 Å². The van der Waals surface area contributed by atoms with Crippen LogP contribution < -0.4 is 4.90 Å². The van der Waals surface area contributed by atoms with E-state index < -0.39 is 5.41 Å². The summed E-state index contributed by atoms with van der Waals surface area (Å²) in [6, 6.07) is 87.4. The fourth-order valence-electron chi connectivity index (χ4n) is 10.2. The third-order valence-corrected chi connectivity index (χ3v) is 13.9. The molecule has 0 amide bonds. The number of anilines is 3. The number of hydrogen-bond donors (Lipinski definition) is 0. The molecule has 1 nitrogen and oxygen atoms in total. The van der Waals surface area contributed by atoms with Crippen molar-refractivity contribution in [3.63, 3.8) is 0 Å². The molecule has 0 radical (unpaired) electrons. The molecule has 2 heteroatoms. The Bertz CT molecular complexity index is 3390. The van der Waals surface area contributed by atoms with E-state index in [0.29, 0.717) is 0 Å². The van der Waals surface area contributed by atoms with Gasteiger partial charge in [-0.05, 0) is 103 Å². The monoisotopic (exact) mass is 793 g/mol. The molecular formula is C59H39NS. The molecule has 0 atom stereocenters. The summed E-state index contributed by atoms with van der Waals surface area (Å²) in [4.78, 5) is 2.54. The average molecular weight is 794 g/mol. The molecule has 1 aromatic heterocycles. The molecule has 1 aliphatic rings. The summed E-state index contributed by atoms with van der Waals surface area (Å²) in [6.45, 7) is 0. The second-order valence-electron chi connectivity index (χ2n) is 16.0. The standard InChI is InChI=1S/C59H39NS/c1-3-23-44(24-4-1)59(45-25-5-2-6-26-45)51-32-11-9-29-49(51)57-52(59)33-16-34-53(57)60(54-35-17-37-56-58(54)50-30-10-12-36-55(50)61-56)46-27-14-21-42(39-46)41-20-13-22-43(38-41)48-31-15-19-40-18-7-8-28-47(40)48/h1-39H. The topological polar surface area (TPSA) is 3.24 Å². The molecule has 0 saturated carbocycles. The molecule has 11 aromatic rings. The first-order valence-electron chi connectivity index (χ1n) is 21.0. The van der Waals surface area contributed by atoms with Crippen molar-refractivity contribution in [3.8, 4) is 33.4 Å². The predicted molar refractivity (Wildman–Crippen MR) is 260 cm³/mol. The lowest BCUT2D eigenvalue weighted by Gasteiger charge is -2.34. The molecule has 0 spiro atoms. The number of nitrogens with zero attached hydrogens (tertiary/aromatic N) is 1. The third kappa shape index (κ3) is 5.53. The van der Waals surface area contributed by atoms with Crippen LogP contribution in [-0.2, 0) is 5.41 Å². The van der Waals surface area contributed by atoms with Gasteiger partial charge in [0.15, 0.2) is 0 Å². The van der Waals surface area contributed by atoms with Gasteiger partial charge in [0.1, 0.15) is 0 Å². The van der Waals surface area contributed by atoms with Crippen LogP contribution in [0.4, 0.5) is 17.1 Å². The van der Waals surface area contributed by atoms with Crippen LogP contribution in [0.2, 0.25) is 0 Å². The minimum Gasteiger partial charge on any atom is -0.309 e. The highest BCUT2D eigenvalue weighted by atomic mass is 32.1. The van der Waals surface area contributed by atoms with E-state index in [2.05, 4.69) is 241 Å². The summed E-state index contributed by atoms with van der Waals surface area (Å²) in [6.07, 6.45) is 0. The van der Waals surface area contributed by atoms with Crippen LogP contribution in [0.5, 0.6) is 0 Å². The summed E-state index contributed by atoms with van der Waals surface area (Å²) < 4.78 is 2.57. The highest BCUT2D eigenvalue weighted by molar-refractivity contribution is 7.26. The zero-order valence-electron chi connectivity index (χ0n) is 33.4. The molecule has 0 bridgehead atoms. The van der Waals surface area contributed by atoms with Crippen molar-refractivity contribution in [3.05, 3.63) is 259 Å². The van der Waals surface area contributed by atoms with E-state index in [1.165, 1.54) is 92.3 Å². The van der Waals surface area contributed by atoms with Gasteiger partial charge >= 0.3 is 0 Å². The van der Waals surface area contributed by atoms with Crippen LogP contribution in [0.25, 0.3) is 64.3 Å². The summed E-state index contributed by atoms with van der Waals surface area (Å²) in [7, 11) is 0. The Morgan fingerprint density at radius 2 is 0.918 bits per heavy atom. The number of benzene rings is 10. The van der Waals surface area contributed by atoms with Gasteiger partial charge in [0, 0.05) is 31.4 Å². The van der Waals surface area contributed by atoms with Crippen molar-refractivity contribution in [2.24, 2.45) is 0 Å². The van der Waals surface area contributed by atoms with Crippen LogP contribution in [-0.4, -0.2) is 0 Å². The summed E-state index contributed by atoms with van der Waals surface area (Å²) in [5, 5.41) is 5.06. The molecule has 0 fully saturated rings. The van der Waals surface area contributed by atoms with E-state index in [0.717, 1.165) is 11.4 Å². The fraction of sp³-hybridized carbons (Fsp3) is 0.0169. The average Bonchev–Trinajstić information content (AvgIpc) is 3.87. The molecule has 0 aliphatic heterocycles. The molecule has 0 unspecified atom stereocenters. The molecule has 61 heavy (non-hydrogen) atoms. The summed E-state index contributed by atoms with van der Waals surface area (Å²) >= 11 is 1.87. The lowest BCUT2D eigenvalue weighted by Crippen LogP contribution is -2.28. The van der Waals surface area contributed by atoms with E-state index >= 15 is 0 Å². The van der Waals surface area contributed by atoms with Crippen LogP contribution in [0, 0.1) is 0 Å². The lowest BCUT2D eigenvalue weighted by atomic mass is 9.68. The van der Waals surface area contributed by atoms with Gasteiger partial charge in [-0.15, -0.1) is 11.3 Å². The molecule has 1 aliphatic carbocycles. The van der Waals surface area contributed by atoms with Crippen LogP contribution in [0.15, 0.2) is 237 Å². The Balaban J connectivity index is 1.13. The van der Waals surface area contributed by atoms with Gasteiger partial charge in [-0.1, -0.05) is 194 Å². The minimum absolute atomic E-state index is 0.513. The van der Waals surface area contributed by atoms with Crippen LogP contribution in [0.3, 0.4) is 0 Å². The second kappa shape index (κ2) is 14.3. The van der Waals surface area contributed by atoms with Crippen molar-refractivity contribution in [1.29, 1.82) is 0 Å². The van der Waals surface area contributed by atoms with E-state index in [1.54, 1.807) is 0 Å². The van der Waals surface area contributed by atoms with Crippen molar-refractivity contribution in [1.82, 2.24) is 0 Å². The van der Waals surface area contributed by atoms with Gasteiger partial charge in [0.05, 0.1) is 16.8 Å². The van der Waals surface area contributed by atoms with Gasteiger partial charge in [0.2, 0.25) is 0 Å². The first-order chi connectivity index (χ1) is 30.3. The summed E-state index contributed by atoms with van der Waals surface area (Å²) in [5.41, 5.74) is 15.3. The number of rotatable bonds is 7. The SMILES string of the molecule is c1ccc(C2(c3ccccc3)c3ccccc3-c3c(N(c4cccc(-c5cccc(-c6cccc7ccccc67)c5)c4)c4cccc5sc6ccccc6c45)cccc32)cc1. The van der Waals surface area contributed by atoms with Gasteiger partial charge in [-0.2, -0.15) is 0 Å². The number of hydrogen-bond acceptors (Lipinski definition) is 2. The first-order valence-corrected chi connectivity index (χ1v) is 21.8. The van der Waals surface area contributed by atoms with Crippen molar-refractivity contribution in [2.75, 3.05) is 4.90 Å². The van der Waals surface area contributed by atoms with Gasteiger partial charge in [-0.25, -0.2) is 0 Å². The fourth-order valence-corrected chi connectivity index (χ4v) is 11.3. The van der Waals surface area contributed by atoms with Crippen molar-refractivity contribution in [2.45, 2.75) is 5.41 Å². The first kappa shape index (κ1) is 35.4. The molecule has 0 N–H and O–H groups in total. The van der Waals surface area contributed by atoms with E-state index in [9.17, 15) is 0 Å². The molecule has 286 valence electrons. The Morgan fingerprint density at radius 1 is 0.361 bits per heavy atom. The molecule has 0 saturated heterocycles. The maximum atomic E-state index is 2.54. The number of fused-ring (bicyclic) bond motifs is 7. The Morgan fingerprint density at radius 3 is 1.75 bits per heavy atom. The van der Waals surface area contributed by atoms with E-state index in [1.807, 2.05) is 11.3 Å². The van der Waals surface area contributed by atoms with Gasteiger partial charge < -0.3 is 4.90 Å². The molecule has 10 aromatic carbocycles. The Kier molecular flexibility index (Phi) is 8.33. The second-order valence-corrected chi connectivity index (χ2v) is 17.1. The lowest BCUT2D eigenvalue weighted by molar-refractivity contribution is 0.768. The largest absolute Gasteiger partial charge is 0.309 e. The quantitative estimate of drug-likeness (QED) is 0.155. The van der Waals surface area contributed by atoms with E-state index in [-0.39, 0.29) is 0 Å². The summed E-state index contributed by atoms with van der Waals surface area (Å²) in [5.74, 6) is 0. The molecule has 12 rings (SSSR count). The maximum absolute atomic E-state index is 2.54. The molecular weight excluding hydrogens is 755 g/mol. The van der Waals surface area contributed by atoms with Gasteiger partial charge in [-0.3, -0.25) is 0 Å². The number of thiophene rings is 1. The Labute approximate surface area is 360 Å². The predicted octanol–water partition coefficient (Wildman–Crippen LogP) is 16.4. The normalized spacial score (nSPS) is 12.7.